The zero-order valence-electron chi connectivity index (χ0n) is 7.65. The van der Waals surface area contributed by atoms with Crippen molar-refractivity contribution >= 4 is 22.5 Å². The summed E-state index contributed by atoms with van der Waals surface area (Å²) in [6, 6.07) is 4.11. The first kappa shape index (κ1) is 11.1. The first-order valence-electron chi connectivity index (χ1n) is 3.86. The number of hydrogen-bond acceptors (Lipinski definition) is 4. The molecule has 0 fully saturated rings. The fraction of sp³-hybridized carbons (Fsp3) is 0.111. The molecular formula is C9H5ClN2O3. The summed E-state index contributed by atoms with van der Waals surface area (Å²) in [6.45, 7) is 1.55. The third-order valence-electron chi connectivity index (χ3n) is 1.87. The van der Waals surface area contributed by atoms with Gasteiger partial charge in [-0.2, -0.15) is 5.26 Å². The highest BCUT2D eigenvalue weighted by molar-refractivity contribution is 6.68. The molecule has 0 heterocycles. The maximum atomic E-state index is 10.9. The Balaban J connectivity index is 3.54. The lowest BCUT2D eigenvalue weighted by atomic mass is 10.0. The van der Waals surface area contributed by atoms with Gasteiger partial charge in [0.1, 0.15) is 5.56 Å². The molecule has 5 nitrogen and oxygen atoms in total. The van der Waals surface area contributed by atoms with Crippen LogP contribution in [-0.2, 0) is 0 Å². The molecule has 0 unspecified atom stereocenters. The predicted molar refractivity (Wildman–Crippen MR) is 52.7 cm³/mol. The highest BCUT2D eigenvalue weighted by atomic mass is 35.5. The van der Waals surface area contributed by atoms with Crippen molar-refractivity contribution in [1.82, 2.24) is 0 Å². The summed E-state index contributed by atoms with van der Waals surface area (Å²) in [4.78, 5) is 20.8. The second-order valence-corrected chi connectivity index (χ2v) is 3.17. The number of nitro groups is 1. The Morgan fingerprint density at radius 2 is 2.20 bits per heavy atom. The van der Waals surface area contributed by atoms with Crippen LogP contribution in [0.3, 0.4) is 0 Å². The Morgan fingerprint density at radius 3 is 2.60 bits per heavy atom. The van der Waals surface area contributed by atoms with E-state index in [9.17, 15) is 14.9 Å². The molecule has 76 valence electrons. The van der Waals surface area contributed by atoms with Gasteiger partial charge in [0.15, 0.2) is 0 Å². The van der Waals surface area contributed by atoms with Crippen LogP contribution in [-0.4, -0.2) is 10.2 Å². The molecule has 0 amide bonds. The van der Waals surface area contributed by atoms with E-state index in [4.69, 9.17) is 16.9 Å². The minimum absolute atomic E-state index is 0.199. The molecule has 0 atom stereocenters. The normalized spacial score (nSPS) is 9.40. The number of halogens is 1. The highest BCUT2D eigenvalue weighted by Gasteiger charge is 2.20. The van der Waals surface area contributed by atoms with Crippen LogP contribution in [0.4, 0.5) is 5.69 Å². The summed E-state index contributed by atoms with van der Waals surface area (Å²) >= 11 is 5.18. The number of nitro benzene ring substituents is 1. The number of hydrogen-bond donors (Lipinski definition) is 0. The maximum absolute atomic E-state index is 10.9. The molecule has 0 radical (unpaired) electrons. The lowest BCUT2D eigenvalue weighted by molar-refractivity contribution is -0.385. The summed E-state index contributed by atoms with van der Waals surface area (Å²) < 4.78 is 0. The predicted octanol–water partition coefficient (Wildman–Crippen LogP) is 2.15. The number of carbonyl (C=O) groups is 1. The van der Waals surface area contributed by atoms with Gasteiger partial charge in [-0.15, -0.1) is 0 Å². The zero-order chi connectivity index (χ0) is 11.6. The molecule has 0 saturated carbocycles. The van der Waals surface area contributed by atoms with E-state index in [2.05, 4.69) is 0 Å². The summed E-state index contributed by atoms with van der Waals surface area (Å²) in [6.07, 6.45) is 0. The molecule has 15 heavy (non-hydrogen) atoms. The first-order valence-corrected chi connectivity index (χ1v) is 4.24. The van der Waals surface area contributed by atoms with Gasteiger partial charge in [0, 0.05) is 6.07 Å². The standard InChI is InChI=1S/C9H5ClN2O3/c1-5-2-8(12(14)15)7(9(10)13)3-6(5)4-11/h2-3H,1H3. The third-order valence-corrected chi connectivity index (χ3v) is 2.08. The van der Waals surface area contributed by atoms with Crippen molar-refractivity contribution in [2.75, 3.05) is 0 Å². The first-order chi connectivity index (χ1) is 6.97. The molecule has 1 rings (SSSR count). The molecule has 0 aliphatic carbocycles. The molecule has 0 spiro atoms. The molecule has 1 aromatic rings. The number of benzene rings is 1. The van der Waals surface area contributed by atoms with Gasteiger partial charge in [0.2, 0.25) is 0 Å². The van der Waals surface area contributed by atoms with Gasteiger partial charge in [0.25, 0.3) is 10.9 Å². The average Bonchev–Trinajstić information content (AvgIpc) is 2.16. The lowest BCUT2D eigenvalue weighted by Crippen LogP contribution is -2.00. The van der Waals surface area contributed by atoms with E-state index in [1.54, 1.807) is 6.92 Å². The van der Waals surface area contributed by atoms with E-state index in [1.165, 1.54) is 0 Å². The van der Waals surface area contributed by atoms with Gasteiger partial charge in [0.05, 0.1) is 16.6 Å². The fourth-order valence-electron chi connectivity index (χ4n) is 1.12. The number of nitriles is 1. The highest BCUT2D eigenvalue weighted by Crippen LogP contribution is 2.24. The summed E-state index contributed by atoms with van der Waals surface area (Å²) in [7, 11) is 0. The Hall–Kier alpha value is -1.93. The summed E-state index contributed by atoms with van der Waals surface area (Å²) in [5.74, 6) is 0. The van der Waals surface area contributed by atoms with E-state index in [1.807, 2.05) is 6.07 Å². The minimum atomic E-state index is -0.946. The third kappa shape index (κ3) is 2.11. The fourth-order valence-corrected chi connectivity index (χ4v) is 1.27. The quantitative estimate of drug-likeness (QED) is 0.438. The number of carbonyl (C=O) groups excluding carboxylic acids is 1. The van der Waals surface area contributed by atoms with Crippen molar-refractivity contribution < 1.29 is 9.72 Å². The van der Waals surface area contributed by atoms with Gasteiger partial charge in [-0.05, 0) is 30.2 Å². The minimum Gasteiger partial charge on any atom is -0.275 e. The second kappa shape index (κ2) is 4.07. The van der Waals surface area contributed by atoms with E-state index in [-0.39, 0.29) is 16.8 Å². The molecule has 0 bridgehead atoms. The molecule has 6 heteroatoms. The molecule has 0 aromatic heterocycles. The molecule has 0 aliphatic rings. The number of rotatable bonds is 2. The number of aryl methyl sites for hydroxylation is 1. The van der Waals surface area contributed by atoms with Crippen LogP contribution in [0.5, 0.6) is 0 Å². The van der Waals surface area contributed by atoms with Crippen molar-refractivity contribution in [1.29, 1.82) is 5.26 Å². The van der Waals surface area contributed by atoms with Gasteiger partial charge in [-0.3, -0.25) is 14.9 Å². The van der Waals surface area contributed by atoms with E-state index >= 15 is 0 Å². The summed E-state index contributed by atoms with van der Waals surface area (Å²) in [5.41, 5.74) is -0.00853. The zero-order valence-corrected chi connectivity index (χ0v) is 8.41. The topological polar surface area (TPSA) is 84.0 Å². The lowest BCUT2D eigenvalue weighted by Gasteiger charge is -2.01. The SMILES string of the molecule is Cc1cc([N+](=O)[O-])c(C(=O)Cl)cc1C#N. The molecule has 0 aliphatic heterocycles. The van der Waals surface area contributed by atoms with Gasteiger partial charge in [-0.1, -0.05) is 0 Å². The monoisotopic (exact) mass is 224 g/mol. The molecular weight excluding hydrogens is 220 g/mol. The Labute approximate surface area is 90.0 Å². The van der Waals surface area contributed by atoms with Crippen LogP contribution in [0.25, 0.3) is 0 Å². The van der Waals surface area contributed by atoms with Crippen LogP contribution in [0.15, 0.2) is 12.1 Å². The maximum Gasteiger partial charge on any atom is 0.281 e. The van der Waals surface area contributed by atoms with Crippen LogP contribution in [0.2, 0.25) is 0 Å². The van der Waals surface area contributed by atoms with E-state index in [0.717, 1.165) is 12.1 Å². The smallest absolute Gasteiger partial charge is 0.275 e. The van der Waals surface area contributed by atoms with Crippen LogP contribution < -0.4 is 0 Å². The van der Waals surface area contributed by atoms with Crippen molar-refractivity contribution in [2.45, 2.75) is 6.92 Å². The molecule has 0 N–H and O–H groups in total. The van der Waals surface area contributed by atoms with Gasteiger partial charge >= 0.3 is 0 Å². The van der Waals surface area contributed by atoms with Crippen LogP contribution >= 0.6 is 11.6 Å². The van der Waals surface area contributed by atoms with Crippen molar-refractivity contribution in [3.63, 3.8) is 0 Å². The Morgan fingerprint density at radius 1 is 1.60 bits per heavy atom. The van der Waals surface area contributed by atoms with Crippen LogP contribution in [0.1, 0.15) is 21.5 Å². The average molecular weight is 225 g/mol. The van der Waals surface area contributed by atoms with Crippen LogP contribution in [0, 0.1) is 28.4 Å². The van der Waals surface area contributed by atoms with E-state index < -0.39 is 10.2 Å². The van der Waals surface area contributed by atoms with Gasteiger partial charge < -0.3 is 0 Å². The van der Waals surface area contributed by atoms with E-state index in [0.29, 0.717) is 5.56 Å². The Kier molecular flexibility index (Phi) is 3.02. The largest absolute Gasteiger partial charge is 0.281 e. The number of nitrogens with zero attached hydrogens (tertiary/aromatic N) is 2. The van der Waals surface area contributed by atoms with Crippen molar-refractivity contribution in [3.05, 3.63) is 38.9 Å². The molecule has 1 aromatic carbocycles. The van der Waals surface area contributed by atoms with Crippen molar-refractivity contribution in [3.8, 4) is 6.07 Å². The van der Waals surface area contributed by atoms with Crippen molar-refractivity contribution in [2.24, 2.45) is 0 Å². The Bertz CT molecular complexity index is 491. The van der Waals surface area contributed by atoms with Gasteiger partial charge in [-0.25, -0.2) is 0 Å². The second-order valence-electron chi connectivity index (χ2n) is 2.83. The molecule has 0 saturated heterocycles. The summed E-state index contributed by atoms with van der Waals surface area (Å²) in [5, 5.41) is 18.3.